The van der Waals surface area contributed by atoms with E-state index in [0.717, 1.165) is 30.1 Å². The molecule has 2 aromatic rings. The molecule has 1 saturated heterocycles. The van der Waals surface area contributed by atoms with Crippen LogP contribution in [0.15, 0.2) is 18.6 Å². The number of aromatic nitrogens is 3. The monoisotopic (exact) mass is 405 g/mol. The molecule has 9 heteroatoms. The van der Waals surface area contributed by atoms with Gasteiger partial charge in [0, 0.05) is 50.4 Å². The lowest BCUT2D eigenvalue weighted by molar-refractivity contribution is -0.134. The highest BCUT2D eigenvalue weighted by atomic mass is 35.5. The topological polar surface area (TPSA) is 63.1 Å². The molecule has 1 N–H and O–H groups in total. The smallest absolute Gasteiger partial charge is 0.227 e. The Morgan fingerprint density at radius 1 is 1.40 bits per heavy atom. The molecule has 3 rings (SSSR count). The van der Waals surface area contributed by atoms with Crippen LogP contribution < -0.4 is 5.32 Å². The Morgan fingerprint density at radius 2 is 2.16 bits per heavy atom. The number of carbonyl (C=O) groups is 1. The minimum atomic E-state index is -0.0326. The molecule has 25 heavy (non-hydrogen) atoms. The van der Waals surface area contributed by atoms with Crippen molar-refractivity contribution in [3.8, 4) is 0 Å². The number of nitrogens with zero attached hydrogens (tertiary/aromatic N) is 4. The van der Waals surface area contributed by atoms with Gasteiger partial charge in [-0.05, 0) is 12.0 Å². The SMILES string of the molecule is CCc1cnc(CN(C)C(=O)[C@H]2CNC[C@@H]2c2cnn(C)c2)s1.Cl.Cl. The highest BCUT2D eigenvalue weighted by molar-refractivity contribution is 7.11. The van der Waals surface area contributed by atoms with Crippen molar-refractivity contribution < 1.29 is 4.79 Å². The molecule has 3 heterocycles. The summed E-state index contributed by atoms with van der Waals surface area (Å²) < 4.78 is 1.79. The largest absolute Gasteiger partial charge is 0.339 e. The van der Waals surface area contributed by atoms with Crippen LogP contribution in [0.25, 0.3) is 0 Å². The summed E-state index contributed by atoms with van der Waals surface area (Å²) in [5, 5.41) is 8.58. The summed E-state index contributed by atoms with van der Waals surface area (Å²) >= 11 is 1.69. The van der Waals surface area contributed by atoms with Crippen molar-refractivity contribution in [3.63, 3.8) is 0 Å². The first kappa shape index (κ1) is 21.9. The van der Waals surface area contributed by atoms with Gasteiger partial charge in [-0.25, -0.2) is 4.98 Å². The molecule has 2 atom stereocenters. The third-order valence-corrected chi connectivity index (χ3v) is 5.51. The van der Waals surface area contributed by atoms with Crippen molar-refractivity contribution in [2.24, 2.45) is 13.0 Å². The second kappa shape index (κ2) is 9.52. The molecule has 0 bridgehead atoms. The minimum absolute atomic E-state index is 0. The summed E-state index contributed by atoms with van der Waals surface area (Å²) in [6, 6.07) is 0. The van der Waals surface area contributed by atoms with E-state index in [0.29, 0.717) is 6.54 Å². The van der Waals surface area contributed by atoms with Gasteiger partial charge in [0.25, 0.3) is 0 Å². The zero-order valence-electron chi connectivity index (χ0n) is 14.6. The predicted molar refractivity (Wildman–Crippen MR) is 105 cm³/mol. The quantitative estimate of drug-likeness (QED) is 0.828. The molecule has 0 radical (unpaired) electrons. The second-order valence-electron chi connectivity index (χ2n) is 6.09. The maximum absolute atomic E-state index is 12.9. The highest BCUT2D eigenvalue weighted by Gasteiger charge is 2.36. The molecule has 140 valence electrons. The van der Waals surface area contributed by atoms with Gasteiger partial charge in [-0.2, -0.15) is 5.10 Å². The maximum atomic E-state index is 12.9. The Labute approximate surface area is 164 Å². The number of rotatable bonds is 5. The first-order valence-corrected chi connectivity index (χ1v) is 8.78. The van der Waals surface area contributed by atoms with Gasteiger partial charge in [-0.1, -0.05) is 6.92 Å². The summed E-state index contributed by atoms with van der Waals surface area (Å²) in [7, 11) is 3.77. The molecule has 1 amide bonds. The van der Waals surface area contributed by atoms with E-state index in [4.69, 9.17) is 0 Å². The van der Waals surface area contributed by atoms with E-state index < -0.39 is 0 Å². The third-order valence-electron chi connectivity index (χ3n) is 4.38. The Balaban J connectivity index is 0.00000156. The van der Waals surface area contributed by atoms with Crippen LogP contribution in [0.4, 0.5) is 0 Å². The number of carbonyl (C=O) groups excluding carboxylic acids is 1. The number of hydrogen-bond donors (Lipinski definition) is 1. The Hall–Kier alpha value is -1.15. The maximum Gasteiger partial charge on any atom is 0.227 e. The zero-order valence-corrected chi connectivity index (χ0v) is 17.1. The molecule has 6 nitrogen and oxygen atoms in total. The average Bonchev–Trinajstić information content (AvgIpc) is 3.25. The number of amides is 1. The number of hydrogen-bond acceptors (Lipinski definition) is 5. The van der Waals surface area contributed by atoms with Crippen molar-refractivity contribution in [1.29, 1.82) is 0 Å². The second-order valence-corrected chi connectivity index (χ2v) is 7.29. The van der Waals surface area contributed by atoms with Gasteiger partial charge >= 0.3 is 0 Å². The van der Waals surface area contributed by atoms with Gasteiger partial charge < -0.3 is 10.2 Å². The fraction of sp³-hybridized carbons (Fsp3) is 0.562. The van der Waals surface area contributed by atoms with Crippen molar-refractivity contribution in [1.82, 2.24) is 25.0 Å². The molecule has 0 aliphatic carbocycles. The summed E-state index contributed by atoms with van der Waals surface area (Å²) in [4.78, 5) is 20.3. The Morgan fingerprint density at radius 3 is 2.76 bits per heavy atom. The van der Waals surface area contributed by atoms with E-state index in [-0.39, 0.29) is 42.6 Å². The van der Waals surface area contributed by atoms with Crippen molar-refractivity contribution in [3.05, 3.63) is 34.0 Å². The first-order chi connectivity index (χ1) is 11.1. The fourth-order valence-corrected chi connectivity index (χ4v) is 3.98. The van der Waals surface area contributed by atoms with Gasteiger partial charge in [-0.3, -0.25) is 9.48 Å². The van der Waals surface area contributed by atoms with Crippen LogP contribution in [-0.2, 0) is 24.8 Å². The van der Waals surface area contributed by atoms with E-state index in [1.54, 1.807) is 20.9 Å². The van der Waals surface area contributed by atoms with E-state index in [1.807, 2.05) is 32.7 Å². The summed E-state index contributed by atoms with van der Waals surface area (Å²) in [5.74, 6) is 0.341. The fourth-order valence-electron chi connectivity index (χ4n) is 3.07. The Bertz CT molecular complexity index is 690. The number of nitrogens with one attached hydrogen (secondary N) is 1. The number of halogens is 2. The third kappa shape index (κ3) is 4.94. The summed E-state index contributed by atoms with van der Waals surface area (Å²) in [6.45, 7) is 4.25. The van der Waals surface area contributed by atoms with Crippen LogP contribution in [0.5, 0.6) is 0 Å². The number of thiazole rings is 1. The van der Waals surface area contributed by atoms with Crippen molar-refractivity contribution >= 4 is 42.1 Å². The summed E-state index contributed by atoms with van der Waals surface area (Å²) in [5.41, 5.74) is 1.13. The standard InChI is InChI=1S/C16H23N5OS.2ClH/c1-4-12-6-18-15(23-12)10-20(2)16(22)14-8-17-7-13(14)11-5-19-21(3)9-11;;/h5-6,9,13-14,17H,4,7-8,10H2,1-3H3;2*1H/t13-,14+;;/m1../s1. The van der Waals surface area contributed by atoms with E-state index in [1.165, 1.54) is 4.88 Å². The molecule has 1 aliphatic rings. The zero-order chi connectivity index (χ0) is 16.4. The van der Waals surface area contributed by atoms with Gasteiger partial charge in [0.15, 0.2) is 0 Å². The summed E-state index contributed by atoms with van der Waals surface area (Å²) in [6.07, 6.45) is 6.78. The van der Waals surface area contributed by atoms with Crippen LogP contribution in [0.2, 0.25) is 0 Å². The van der Waals surface area contributed by atoms with Crippen LogP contribution >= 0.6 is 36.2 Å². The highest BCUT2D eigenvalue weighted by Crippen LogP contribution is 2.29. The Kier molecular flexibility index (Phi) is 8.34. The van der Waals surface area contributed by atoms with Crippen molar-refractivity contribution in [2.75, 3.05) is 20.1 Å². The molecule has 1 fully saturated rings. The molecule has 0 saturated carbocycles. The van der Waals surface area contributed by atoms with Gasteiger partial charge in [0.1, 0.15) is 5.01 Å². The molecule has 2 aromatic heterocycles. The molecule has 0 spiro atoms. The molecular formula is C16H25Cl2N5OS. The normalized spacial score (nSPS) is 19.2. The number of aryl methyl sites for hydroxylation is 2. The lowest BCUT2D eigenvalue weighted by Crippen LogP contribution is -2.35. The van der Waals surface area contributed by atoms with Crippen LogP contribution in [0.1, 0.15) is 28.3 Å². The average molecular weight is 406 g/mol. The van der Waals surface area contributed by atoms with Crippen molar-refractivity contribution in [2.45, 2.75) is 25.8 Å². The van der Waals surface area contributed by atoms with Crippen LogP contribution in [0.3, 0.4) is 0 Å². The van der Waals surface area contributed by atoms with Gasteiger partial charge in [0.2, 0.25) is 5.91 Å². The van der Waals surface area contributed by atoms with E-state index >= 15 is 0 Å². The lowest BCUT2D eigenvalue weighted by Gasteiger charge is -2.23. The van der Waals surface area contributed by atoms with E-state index in [2.05, 4.69) is 22.3 Å². The predicted octanol–water partition coefficient (Wildman–Crippen LogP) is 2.24. The molecular weight excluding hydrogens is 381 g/mol. The van der Waals surface area contributed by atoms with Gasteiger partial charge in [-0.15, -0.1) is 36.2 Å². The van der Waals surface area contributed by atoms with Crippen LogP contribution in [-0.4, -0.2) is 45.7 Å². The van der Waals surface area contributed by atoms with Gasteiger partial charge in [0.05, 0.1) is 18.7 Å². The minimum Gasteiger partial charge on any atom is -0.339 e. The van der Waals surface area contributed by atoms with Crippen LogP contribution in [0, 0.1) is 5.92 Å². The molecule has 0 aromatic carbocycles. The molecule has 1 aliphatic heterocycles. The lowest BCUT2D eigenvalue weighted by atomic mass is 9.90. The first-order valence-electron chi connectivity index (χ1n) is 7.96. The van der Waals surface area contributed by atoms with E-state index in [9.17, 15) is 4.79 Å². The molecule has 0 unspecified atom stereocenters.